The number of carbonyl (C=O) groups is 1. The number of alkyl halides is 2. The van der Waals surface area contributed by atoms with E-state index in [0.29, 0.717) is 29.3 Å². The fraction of sp³-hybridized carbons (Fsp3) is 0.400. The van der Waals surface area contributed by atoms with Gasteiger partial charge in [-0.05, 0) is 36.6 Å². The molecule has 1 atom stereocenters. The molecule has 0 saturated heterocycles. The molecule has 2 aromatic heterocycles. The van der Waals surface area contributed by atoms with Crippen molar-refractivity contribution in [3.63, 3.8) is 0 Å². The molecule has 10 heteroatoms. The predicted octanol–water partition coefficient (Wildman–Crippen LogP) is 4.91. The maximum absolute atomic E-state index is 13.8. The lowest BCUT2D eigenvalue weighted by molar-refractivity contribution is -0.118. The second kappa shape index (κ2) is 9.24. The Balaban J connectivity index is 1.47. The summed E-state index contributed by atoms with van der Waals surface area (Å²) < 4.78 is 42.7. The van der Waals surface area contributed by atoms with Gasteiger partial charge in [0.1, 0.15) is 17.7 Å². The van der Waals surface area contributed by atoms with Gasteiger partial charge in [0.25, 0.3) is 5.92 Å². The van der Waals surface area contributed by atoms with Gasteiger partial charge in [0.05, 0.1) is 29.8 Å². The summed E-state index contributed by atoms with van der Waals surface area (Å²) in [5, 5.41) is 10.5. The number of anilines is 3. The zero-order valence-corrected chi connectivity index (χ0v) is 20.4. The van der Waals surface area contributed by atoms with Crippen molar-refractivity contribution in [1.82, 2.24) is 14.8 Å². The summed E-state index contributed by atoms with van der Waals surface area (Å²) in [4.78, 5) is 19.1. The summed E-state index contributed by atoms with van der Waals surface area (Å²) in [6.07, 6.45) is 3.43. The van der Waals surface area contributed by atoms with E-state index in [4.69, 9.17) is 0 Å². The second-order valence-electron chi connectivity index (χ2n) is 9.41. The SMILES string of the molecule is Cc1nc(NCc2cnn(Cc3cc(F)cc(C(C)(F)F)c3)c2)cc2c1NC(=O)[C@H](C(C)C)N2C. The number of benzene rings is 1. The van der Waals surface area contributed by atoms with E-state index in [0.717, 1.165) is 24.2 Å². The van der Waals surface area contributed by atoms with Gasteiger partial charge in [-0.2, -0.15) is 5.10 Å². The monoisotopic (exact) mass is 486 g/mol. The fourth-order valence-electron chi connectivity index (χ4n) is 4.41. The maximum atomic E-state index is 13.8. The van der Waals surface area contributed by atoms with Gasteiger partial charge in [-0.1, -0.05) is 13.8 Å². The van der Waals surface area contributed by atoms with Gasteiger partial charge in [0.15, 0.2) is 0 Å². The highest BCUT2D eigenvalue weighted by atomic mass is 19.3. The number of nitrogens with zero attached hydrogens (tertiary/aromatic N) is 4. The lowest BCUT2D eigenvalue weighted by Crippen LogP contribution is -2.49. The van der Waals surface area contributed by atoms with E-state index in [1.54, 1.807) is 17.1 Å². The van der Waals surface area contributed by atoms with Crippen molar-refractivity contribution >= 4 is 23.1 Å². The molecule has 1 aliphatic rings. The van der Waals surface area contributed by atoms with Crippen molar-refractivity contribution in [3.8, 4) is 0 Å². The minimum absolute atomic E-state index is 0.0407. The number of halogens is 3. The molecule has 1 aliphatic heterocycles. The fourth-order valence-corrected chi connectivity index (χ4v) is 4.41. The van der Waals surface area contributed by atoms with Crippen LogP contribution < -0.4 is 15.5 Å². The van der Waals surface area contributed by atoms with Gasteiger partial charge in [-0.15, -0.1) is 0 Å². The quantitative estimate of drug-likeness (QED) is 0.496. The number of aromatic nitrogens is 3. The second-order valence-corrected chi connectivity index (χ2v) is 9.41. The molecule has 0 radical (unpaired) electrons. The first kappa shape index (κ1) is 24.6. The highest BCUT2D eigenvalue weighted by Crippen LogP contribution is 2.36. The third-order valence-corrected chi connectivity index (χ3v) is 6.09. The number of fused-ring (bicyclic) bond motifs is 1. The van der Waals surface area contributed by atoms with Crippen LogP contribution in [0.2, 0.25) is 0 Å². The summed E-state index contributed by atoms with van der Waals surface area (Å²) in [6, 6.07) is 5.00. The van der Waals surface area contributed by atoms with Crippen LogP contribution in [0.4, 0.5) is 30.4 Å². The smallest absolute Gasteiger partial charge is 0.270 e. The van der Waals surface area contributed by atoms with Crippen LogP contribution in [0.1, 0.15) is 43.2 Å². The zero-order valence-electron chi connectivity index (χ0n) is 20.4. The summed E-state index contributed by atoms with van der Waals surface area (Å²) >= 11 is 0. The third kappa shape index (κ3) is 5.26. The number of likely N-dealkylation sites (N-methyl/N-ethyl adjacent to an activating group) is 1. The van der Waals surface area contributed by atoms with Gasteiger partial charge in [-0.25, -0.2) is 18.2 Å². The standard InChI is InChI=1S/C25H29F3N6O/c1-14(2)23-24(35)32-22-15(3)31-21(9-20(22)33(23)5)29-10-17-11-30-34(13-17)12-16-6-18(25(4,27)28)8-19(26)7-16/h6-9,11,13-14,23H,10,12H2,1-5H3,(H,29,31)(H,32,35)/t23-/m0/s1. The molecule has 0 fully saturated rings. The molecule has 7 nitrogen and oxygen atoms in total. The van der Waals surface area contributed by atoms with E-state index in [1.165, 1.54) is 12.1 Å². The van der Waals surface area contributed by atoms with Gasteiger partial charge in [-0.3, -0.25) is 9.48 Å². The minimum Gasteiger partial charge on any atom is -0.366 e. The van der Waals surface area contributed by atoms with Crippen LogP contribution in [0.15, 0.2) is 36.7 Å². The zero-order chi connectivity index (χ0) is 25.5. The van der Waals surface area contributed by atoms with E-state index in [2.05, 4.69) is 20.7 Å². The van der Waals surface area contributed by atoms with E-state index < -0.39 is 11.7 Å². The topological polar surface area (TPSA) is 75.1 Å². The Hall–Kier alpha value is -3.56. The third-order valence-electron chi connectivity index (χ3n) is 6.09. The molecule has 4 rings (SSSR count). The van der Waals surface area contributed by atoms with Gasteiger partial charge in [0.2, 0.25) is 5.91 Å². The average molecular weight is 487 g/mol. The number of hydrogen-bond donors (Lipinski definition) is 2. The Morgan fingerprint density at radius 2 is 1.94 bits per heavy atom. The Morgan fingerprint density at radius 1 is 1.20 bits per heavy atom. The first-order valence-corrected chi connectivity index (χ1v) is 11.4. The summed E-state index contributed by atoms with van der Waals surface area (Å²) in [5.41, 5.74) is 3.19. The molecule has 2 N–H and O–H groups in total. The average Bonchev–Trinajstić information content (AvgIpc) is 3.19. The molecular formula is C25H29F3N6O. The highest BCUT2D eigenvalue weighted by Gasteiger charge is 2.34. The Bertz CT molecular complexity index is 1250. The highest BCUT2D eigenvalue weighted by molar-refractivity contribution is 6.04. The van der Waals surface area contributed by atoms with Crippen LogP contribution in [0, 0.1) is 18.7 Å². The van der Waals surface area contributed by atoms with E-state index in [-0.39, 0.29) is 30.0 Å². The lowest BCUT2D eigenvalue weighted by atomic mass is 9.98. The summed E-state index contributed by atoms with van der Waals surface area (Å²) in [7, 11) is 1.90. The number of carbonyl (C=O) groups excluding carboxylic acids is 1. The van der Waals surface area contributed by atoms with Crippen LogP contribution >= 0.6 is 0 Å². The summed E-state index contributed by atoms with van der Waals surface area (Å²) in [5.74, 6) is -3.08. The normalized spacial score (nSPS) is 15.9. The number of aryl methyl sites for hydroxylation is 1. The van der Waals surface area contributed by atoms with Crippen LogP contribution in [0.5, 0.6) is 0 Å². The van der Waals surface area contributed by atoms with Crippen molar-refractivity contribution < 1.29 is 18.0 Å². The molecule has 0 unspecified atom stereocenters. The van der Waals surface area contributed by atoms with Crippen LogP contribution in [-0.2, 0) is 23.8 Å². The molecule has 0 saturated carbocycles. The lowest BCUT2D eigenvalue weighted by Gasteiger charge is -2.38. The largest absolute Gasteiger partial charge is 0.366 e. The maximum Gasteiger partial charge on any atom is 0.270 e. The number of hydrogen-bond acceptors (Lipinski definition) is 5. The molecule has 0 bridgehead atoms. The van der Waals surface area contributed by atoms with Gasteiger partial charge >= 0.3 is 0 Å². The predicted molar refractivity (Wildman–Crippen MR) is 129 cm³/mol. The van der Waals surface area contributed by atoms with E-state index in [1.807, 2.05) is 38.8 Å². The van der Waals surface area contributed by atoms with Gasteiger partial charge < -0.3 is 15.5 Å². The molecule has 3 heterocycles. The molecule has 35 heavy (non-hydrogen) atoms. The first-order chi connectivity index (χ1) is 16.4. The Kier molecular flexibility index (Phi) is 6.48. The molecule has 0 spiro atoms. The molecule has 1 aromatic carbocycles. The number of nitrogens with one attached hydrogen (secondary N) is 2. The molecule has 3 aromatic rings. The van der Waals surface area contributed by atoms with Crippen LogP contribution in [0.25, 0.3) is 0 Å². The molecule has 0 aliphatic carbocycles. The number of amides is 1. The minimum atomic E-state index is -3.12. The molecule has 186 valence electrons. The van der Waals surface area contributed by atoms with Crippen LogP contribution in [-0.4, -0.2) is 33.8 Å². The molecular weight excluding hydrogens is 457 g/mol. The van der Waals surface area contributed by atoms with Crippen molar-refractivity contribution in [3.05, 3.63) is 64.9 Å². The van der Waals surface area contributed by atoms with E-state index in [9.17, 15) is 18.0 Å². The van der Waals surface area contributed by atoms with Crippen molar-refractivity contribution in [2.75, 3.05) is 22.6 Å². The Labute approximate surface area is 202 Å². The molecule has 1 amide bonds. The summed E-state index contributed by atoms with van der Waals surface area (Å²) in [6.45, 7) is 7.20. The first-order valence-electron chi connectivity index (χ1n) is 11.4. The van der Waals surface area contributed by atoms with Crippen molar-refractivity contribution in [2.45, 2.75) is 52.7 Å². The number of pyridine rings is 1. The van der Waals surface area contributed by atoms with Gasteiger partial charge in [0, 0.05) is 43.9 Å². The number of rotatable bonds is 7. The van der Waals surface area contributed by atoms with Crippen molar-refractivity contribution in [2.24, 2.45) is 5.92 Å². The Morgan fingerprint density at radius 3 is 2.63 bits per heavy atom. The van der Waals surface area contributed by atoms with Crippen LogP contribution in [0.3, 0.4) is 0 Å². The van der Waals surface area contributed by atoms with E-state index >= 15 is 0 Å². The van der Waals surface area contributed by atoms with Crippen molar-refractivity contribution in [1.29, 1.82) is 0 Å².